The summed E-state index contributed by atoms with van der Waals surface area (Å²) >= 11 is 9.44. The normalized spacial score (nSPS) is 10.4. The number of hydrogen-bond acceptors (Lipinski definition) is 1. The van der Waals surface area contributed by atoms with Crippen LogP contribution in [-0.2, 0) is 6.54 Å². The Morgan fingerprint density at radius 2 is 1.78 bits per heavy atom. The van der Waals surface area contributed by atoms with Gasteiger partial charge in [-0.1, -0.05) is 29.8 Å². The van der Waals surface area contributed by atoms with E-state index >= 15 is 0 Å². The molecule has 18 heavy (non-hydrogen) atoms. The van der Waals surface area contributed by atoms with Crippen LogP contribution in [0, 0.1) is 13.8 Å². The predicted molar refractivity (Wildman–Crippen MR) is 82.4 cm³/mol. The number of aryl methyl sites for hydroxylation is 2. The smallest absolute Gasteiger partial charge is 0.0488 e. The van der Waals surface area contributed by atoms with E-state index in [1.807, 2.05) is 18.2 Å². The molecular weight excluding hydrogens is 310 g/mol. The van der Waals surface area contributed by atoms with Crippen LogP contribution < -0.4 is 5.32 Å². The summed E-state index contributed by atoms with van der Waals surface area (Å²) in [5.74, 6) is 0. The monoisotopic (exact) mass is 323 g/mol. The molecule has 0 saturated carbocycles. The SMILES string of the molecule is Cc1cccc(C)c1CNc1ccc(Cl)cc1Br. The molecule has 0 aliphatic rings. The zero-order valence-corrected chi connectivity index (χ0v) is 12.8. The van der Waals surface area contributed by atoms with Gasteiger partial charge in [0, 0.05) is 21.7 Å². The molecule has 0 spiro atoms. The highest BCUT2D eigenvalue weighted by molar-refractivity contribution is 9.10. The molecule has 2 aromatic carbocycles. The molecule has 94 valence electrons. The Morgan fingerprint density at radius 1 is 1.11 bits per heavy atom. The second kappa shape index (κ2) is 5.77. The molecule has 0 heterocycles. The quantitative estimate of drug-likeness (QED) is 0.804. The number of hydrogen-bond donors (Lipinski definition) is 1. The van der Waals surface area contributed by atoms with Crippen molar-refractivity contribution < 1.29 is 0 Å². The number of nitrogens with one attached hydrogen (secondary N) is 1. The highest BCUT2D eigenvalue weighted by atomic mass is 79.9. The molecule has 0 unspecified atom stereocenters. The number of benzene rings is 2. The zero-order valence-electron chi connectivity index (χ0n) is 10.4. The van der Waals surface area contributed by atoms with Gasteiger partial charge in [0.25, 0.3) is 0 Å². The summed E-state index contributed by atoms with van der Waals surface area (Å²) in [6.45, 7) is 5.10. The van der Waals surface area contributed by atoms with Gasteiger partial charge in [0.05, 0.1) is 0 Å². The lowest BCUT2D eigenvalue weighted by Crippen LogP contribution is -2.03. The fourth-order valence-corrected chi connectivity index (χ4v) is 2.77. The molecular formula is C15H15BrClN. The first-order valence-corrected chi connectivity index (χ1v) is 6.99. The highest BCUT2D eigenvalue weighted by Gasteiger charge is 2.04. The molecule has 0 amide bonds. The van der Waals surface area contributed by atoms with E-state index in [-0.39, 0.29) is 0 Å². The van der Waals surface area contributed by atoms with Crippen LogP contribution in [0.1, 0.15) is 16.7 Å². The van der Waals surface area contributed by atoms with Gasteiger partial charge in [0.2, 0.25) is 0 Å². The first-order chi connectivity index (χ1) is 8.58. The van der Waals surface area contributed by atoms with E-state index in [2.05, 4.69) is 53.3 Å². The van der Waals surface area contributed by atoms with Crippen molar-refractivity contribution >= 4 is 33.2 Å². The predicted octanol–water partition coefficient (Wildman–Crippen LogP) is 5.33. The van der Waals surface area contributed by atoms with Crippen LogP contribution in [0.5, 0.6) is 0 Å². The highest BCUT2D eigenvalue weighted by Crippen LogP contribution is 2.26. The summed E-state index contributed by atoms with van der Waals surface area (Å²) in [5, 5.41) is 4.17. The fraction of sp³-hybridized carbons (Fsp3) is 0.200. The molecule has 0 aromatic heterocycles. The second-order valence-corrected chi connectivity index (χ2v) is 5.64. The molecule has 1 N–H and O–H groups in total. The summed E-state index contributed by atoms with van der Waals surface area (Å²) in [7, 11) is 0. The van der Waals surface area contributed by atoms with Crippen molar-refractivity contribution in [2.75, 3.05) is 5.32 Å². The van der Waals surface area contributed by atoms with E-state index in [1.54, 1.807) is 0 Å². The first kappa shape index (κ1) is 13.4. The third-order valence-electron chi connectivity index (χ3n) is 3.03. The average Bonchev–Trinajstić information content (AvgIpc) is 2.31. The maximum Gasteiger partial charge on any atom is 0.0488 e. The van der Waals surface area contributed by atoms with E-state index in [0.717, 1.165) is 21.7 Å². The lowest BCUT2D eigenvalue weighted by Gasteiger charge is -2.13. The molecule has 0 bridgehead atoms. The van der Waals surface area contributed by atoms with Crippen molar-refractivity contribution in [2.45, 2.75) is 20.4 Å². The van der Waals surface area contributed by atoms with Gasteiger partial charge in [-0.3, -0.25) is 0 Å². The van der Waals surface area contributed by atoms with Gasteiger partial charge in [-0.15, -0.1) is 0 Å². The Hall–Kier alpha value is -0.990. The molecule has 1 nitrogen and oxygen atoms in total. The van der Waals surface area contributed by atoms with Gasteiger partial charge in [-0.05, 0) is 64.7 Å². The van der Waals surface area contributed by atoms with Crippen LogP contribution >= 0.6 is 27.5 Å². The van der Waals surface area contributed by atoms with Crippen molar-refractivity contribution in [1.29, 1.82) is 0 Å². The van der Waals surface area contributed by atoms with Gasteiger partial charge in [0.1, 0.15) is 0 Å². The molecule has 0 fully saturated rings. The standard InChI is InChI=1S/C15H15BrClN/c1-10-4-3-5-11(2)13(10)9-18-15-7-6-12(17)8-14(15)16/h3-8,18H,9H2,1-2H3. The molecule has 0 radical (unpaired) electrons. The second-order valence-electron chi connectivity index (χ2n) is 4.35. The van der Waals surface area contributed by atoms with Crippen LogP contribution in [0.2, 0.25) is 5.02 Å². The molecule has 0 atom stereocenters. The van der Waals surface area contributed by atoms with Gasteiger partial charge in [0.15, 0.2) is 0 Å². The zero-order chi connectivity index (χ0) is 13.1. The Bertz CT molecular complexity index is 546. The number of anilines is 1. The molecule has 2 rings (SSSR count). The van der Waals surface area contributed by atoms with Crippen LogP contribution in [0.25, 0.3) is 0 Å². The molecule has 3 heteroatoms. The van der Waals surface area contributed by atoms with E-state index < -0.39 is 0 Å². The number of rotatable bonds is 3. The summed E-state index contributed by atoms with van der Waals surface area (Å²) in [5.41, 5.74) is 5.03. The Morgan fingerprint density at radius 3 is 2.39 bits per heavy atom. The largest absolute Gasteiger partial charge is 0.380 e. The third-order valence-corrected chi connectivity index (χ3v) is 3.92. The van der Waals surface area contributed by atoms with Gasteiger partial charge >= 0.3 is 0 Å². The summed E-state index contributed by atoms with van der Waals surface area (Å²) in [6, 6.07) is 12.1. The van der Waals surface area contributed by atoms with E-state index in [9.17, 15) is 0 Å². The van der Waals surface area contributed by atoms with E-state index in [4.69, 9.17) is 11.6 Å². The minimum Gasteiger partial charge on any atom is -0.380 e. The van der Waals surface area contributed by atoms with Crippen molar-refractivity contribution in [3.05, 3.63) is 62.6 Å². The minimum atomic E-state index is 0.736. The van der Waals surface area contributed by atoms with Crippen LogP contribution in [0.15, 0.2) is 40.9 Å². The van der Waals surface area contributed by atoms with Crippen LogP contribution in [0.4, 0.5) is 5.69 Å². The Labute approximate surface area is 121 Å². The topological polar surface area (TPSA) is 12.0 Å². The first-order valence-electron chi connectivity index (χ1n) is 5.82. The lowest BCUT2D eigenvalue weighted by molar-refractivity contribution is 1.09. The molecule has 0 aliphatic heterocycles. The van der Waals surface area contributed by atoms with Gasteiger partial charge in [-0.25, -0.2) is 0 Å². The van der Waals surface area contributed by atoms with Crippen LogP contribution in [-0.4, -0.2) is 0 Å². The van der Waals surface area contributed by atoms with Crippen molar-refractivity contribution in [3.8, 4) is 0 Å². The maximum absolute atomic E-state index is 5.93. The van der Waals surface area contributed by atoms with Crippen molar-refractivity contribution in [3.63, 3.8) is 0 Å². The lowest BCUT2D eigenvalue weighted by atomic mass is 10.0. The molecule has 2 aromatic rings. The van der Waals surface area contributed by atoms with Gasteiger partial charge < -0.3 is 5.32 Å². The fourth-order valence-electron chi connectivity index (χ4n) is 1.94. The van der Waals surface area contributed by atoms with Gasteiger partial charge in [-0.2, -0.15) is 0 Å². The molecule has 0 aliphatic carbocycles. The number of halogens is 2. The van der Waals surface area contributed by atoms with Crippen molar-refractivity contribution in [2.24, 2.45) is 0 Å². The van der Waals surface area contributed by atoms with Crippen LogP contribution in [0.3, 0.4) is 0 Å². The Kier molecular flexibility index (Phi) is 4.31. The summed E-state index contributed by atoms with van der Waals surface area (Å²) < 4.78 is 0.987. The molecule has 0 saturated heterocycles. The Balaban J connectivity index is 2.16. The van der Waals surface area contributed by atoms with E-state index in [0.29, 0.717) is 0 Å². The minimum absolute atomic E-state index is 0.736. The maximum atomic E-state index is 5.93. The van der Waals surface area contributed by atoms with Crippen molar-refractivity contribution in [1.82, 2.24) is 0 Å². The summed E-state index contributed by atoms with van der Waals surface area (Å²) in [4.78, 5) is 0. The summed E-state index contributed by atoms with van der Waals surface area (Å²) in [6.07, 6.45) is 0. The third kappa shape index (κ3) is 3.06. The van der Waals surface area contributed by atoms with E-state index in [1.165, 1.54) is 16.7 Å². The average molecular weight is 325 g/mol.